The summed E-state index contributed by atoms with van der Waals surface area (Å²) >= 11 is 10.3. The molecule has 0 fully saturated rings. The van der Waals surface area contributed by atoms with E-state index in [4.69, 9.17) is 11.6 Å². The maximum Gasteiger partial charge on any atom is 0.147 e. The van der Waals surface area contributed by atoms with E-state index in [9.17, 15) is 4.39 Å². The number of hydrogen-bond acceptors (Lipinski definition) is 3. The van der Waals surface area contributed by atoms with Gasteiger partial charge in [-0.15, -0.1) is 21.8 Å². The van der Waals surface area contributed by atoms with Gasteiger partial charge in [0.25, 0.3) is 0 Å². The first-order valence-electron chi connectivity index (χ1n) is 4.54. The van der Waals surface area contributed by atoms with Gasteiger partial charge in [0.1, 0.15) is 15.8 Å². The maximum atomic E-state index is 13.2. The normalized spacial score (nSPS) is 10.7. The molecule has 2 rings (SSSR count). The van der Waals surface area contributed by atoms with E-state index in [0.717, 1.165) is 10.6 Å². The minimum absolute atomic E-state index is 0.293. The van der Waals surface area contributed by atoms with Gasteiger partial charge in [-0.05, 0) is 18.2 Å². The number of alkyl halides is 1. The SMILES string of the molecule is Fc1cc(Br)cc(-c2nnc(CCCl)s2)c1. The molecule has 0 saturated heterocycles. The van der Waals surface area contributed by atoms with E-state index in [1.807, 2.05) is 6.07 Å². The Balaban J connectivity index is 2.34. The average Bonchev–Trinajstić information content (AvgIpc) is 2.65. The van der Waals surface area contributed by atoms with E-state index >= 15 is 0 Å². The summed E-state index contributed by atoms with van der Waals surface area (Å²) in [6, 6.07) is 4.66. The molecule has 0 radical (unpaired) electrons. The Morgan fingerprint density at radius 2 is 2.12 bits per heavy atom. The van der Waals surface area contributed by atoms with Crippen LogP contribution >= 0.6 is 38.9 Å². The fourth-order valence-corrected chi connectivity index (χ4v) is 2.81. The molecule has 0 bridgehead atoms. The van der Waals surface area contributed by atoms with Crippen LogP contribution in [0.15, 0.2) is 22.7 Å². The molecule has 0 unspecified atom stereocenters. The summed E-state index contributed by atoms with van der Waals surface area (Å²) in [5, 5.41) is 9.57. The van der Waals surface area contributed by atoms with Gasteiger partial charge in [-0.1, -0.05) is 27.3 Å². The molecule has 0 aliphatic rings. The lowest BCUT2D eigenvalue weighted by atomic mass is 10.2. The zero-order valence-corrected chi connectivity index (χ0v) is 11.2. The highest BCUT2D eigenvalue weighted by atomic mass is 79.9. The highest BCUT2D eigenvalue weighted by molar-refractivity contribution is 9.10. The summed E-state index contributed by atoms with van der Waals surface area (Å²) in [6.07, 6.45) is 0.690. The highest BCUT2D eigenvalue weighted by Gasteiger charge is 2.08. The fraction of sp³-hybridized carbons (Fsp3) is 0.200. The third-order valence-corrected chi connectivity index (χ3v) is 3.56. The molecule has 16 heavy (non-hydrogen) atoms. The summed E-state index contributed by atoms with van der Waals surface area (Å²) in [4.78, 5) is 0. The van der Waals surface area contributed by atoms with Gasteiger partial charge in [-0.2, -0.15) is 0 Å². The summed E-state index contributed by atoms with van der Waals surface area (Å²) in [7, 11) is 0. The number of benzene rings is 1. The number of nitrogens with zero attached hydrogens (tertiary/aromatic N) is 2. The molecular formula is C10H7BrClFN2S. The quantitative estimate of drug-likeness (QED) is 0.802. The Kier molecular flexibility index (Phi) is 3.89. The second-order valence-electron chi connectivity index (χ2n) is 3.10. The van der Waals surface area contributed by atoms with Gasteiger partial charge in [0.15, 0.2) is 0 Å². The molecule has 84 valence electrons. The van der Waals surface area contributed by atoms with Crippen molar-refractivity contribution < 1.29 is 4.39 Å². The lowest BCUT2D eigenvalue weighted by Crippen LogP contribution is -1.83. The first kappa shape index (κ1) is 12.0. The van der Waals surface area contributed by atoms with Crippen LogP contribution in [0.4, 0.5) is 4.39 Å². The van der Waals surface area contributed by atoms with Crippen molar-refractivity contribution in [1.29, 1.82) is 0 Å². The number of halogens is 3. The molecule has 2 nitrogen and oxygen atoms in total. The third kappa shape index (κ3) is 2.78. The van der Waals surface area contributed by atoms with Crippen LogP contribution in [0.5, 0.6) is 0 Å². The molecule has 6 heteroatoms. The van der Waals surface area contributed by atoms with Crippen molar-refractivity contribution in [2.45, 2.75) is 6.42 Å². The largest absolute Gasteiger partial charge is 0.207 e. The van der Waals surface area contributed by atoms with Gasteiger partial charge >= 0.3 is 0 Å². The summed E-state index contributed by atoms with van der Waals surface area (Å²) < 4.78 is 13.9. The molecule has 1 aromatic heterocycles. The summed E-state index contributed by atoms with van der Waals surface area (Å²) in [6.45, 7) is 0. The summed E-state index contributed by atoms with van der Waals surface area (Å²) in [5.41, 5.74) is 0.727. The molecule has 0 saturated carbocycles. The Morgan fingerprint density at radius 1 is 1.31 bits per heavy atom. The van der Waals surface area contributed by atoms with Crippen LogP contribution in [0, 0.1) is 5.82 Å². The lowest BCUT2D eigenvalue weighted by Gasteiger charge is -1.97. The Hall–Kier alpha value is -0.520. The average molecular weight is 322 g/mol. The van der Waals surface area contributed by atoms with Crippen molar-refractivity contribution in [3.05, 3.63) is 33.5 Å². The van der Waals surface area contributed by atoms with Crippen molar-refractivity contribution in [2.75, 3.05) is 5.88 Å². The van der Waals surface area contributed by atoms with E-state index in [2.05, 4.69) is 26.1 Å². The van der Waals surface area contributed by atoms with E-state index in [0.29, 0.717) is 21.8 Å². The molecular weight excluding hydrogens is 315 g/mol. The first-order valence-corrected chi connectivity index (χ1v) is 6.68. The van der Waals surface area contributed by atoms with Crippen LogP contribution in [0.25, 0.3) is 10.6 Å². The van der Waals surface area contributed by atoms with Crippen molar-refractivity contribution in [2.24, 2.45) is 0 Å². The molecule has 0 aliphatic heterocycles. The van der Waals surface area contributed by atoms with Gasteiger partial charge in [0, 0.05) is 22.3 Å². The van der Waals surface area contributed by atoms with Crippen LogP contribution in [0.3, 0.4) is 0 Å². The zero-order chi connectivity index (χ0) is 11.5. The number of hydrogen-bond donors (Lipinski definition) is 0. The van der Waals surface area contributed by atoms with E-state index < -0.39 is 0 Å². The molecule has 0 spiro atoms. The van der Waals surface area contributed by atoms with Crippen molar-refractivity contribution in [3.63, 3.8) is 0 Å². The predicted octanol–water partition coefficient (Wildman–Crippen LogP) is 3.89. The molecule has 0 atom stereocenters. The molecule has 2 aromatic rings. The van der Waals surface area contributed by atoms with Gasteiger partial charge in [-0.25, -0.2) is 4.39 Å². The van der Waals surface area contributed by atoms with Gasteiger partial charge in [0.2, 0.25) is 0 Å². The molecule has 0 amide bonds. The van der Waals surface area contributed by atoms with E-state index in [-0.39, 0.29) is 5.82 Å². The van der Waals surface area contributed by atoms with Gasteiger partial charge < -0.3 is 0 Å². The van der Waals surface area contributed by atoms with Gasteiger partial charge in [-0.3, -0.25) is 0 Å². The molecule has 1 heterocycles. The fourth-order valence-electron chi connectivity index (χ4n) is 1.23. The smallest absolute Gasteiger partial charge is 0.147 e. The second kappa shape index (κ2) is 5.21. The molecule has 0 N–H and O–H groups in total. The Morgan fingerprint density at radius 3 is 2.81 bits per heavy atom. The Bertz CT molecular complexity index is 483. The lowest BCUT2D eigenvalue weighted by molar-refractivity contribution is 0.627. The first-order chi connectivity index (χ1) is 7.69. The number of rotatable bonds is 3. The van der Waals surface area contributed by atoms with E-state index in [1.165, 1.54) is 23.5 Å². The predicted molar refractivity (Wildman–Crippen MR) is 67.4 cm³/mol. The van der Waals surface area contributed by atoms with Crippen LogP contribution in [0.2, 0.25) is 0 Å². The van der Waals surface area contributed by atoms with Crippen LogP contribution in [0.1, 0.15) is 5.01 Å². The van der Waals surface area contributed by atoms with Crippen molar-refractivity contribution in [3.8, 4) is 10.6 Å². The van der Waals surface area contributed by atoms with Gasteiger partial charge in [0.05, 0.1) is 0 Å². The monoisotopic (exact) mass is 320 g/mol. The number of aromatic nitrogens is 2. The Labute approximate surface area is 110 Å². The summed E-state index contributed by atoms with van der Waals surface area (Å²) in [5.74, 6) is 0.222. The standard InChI is InChI=1S/C10H7BrClFN2S/c11-7-3-6(4-8(13)5-7)10-15-14-9(16-10)1-2-12/h3-5H,1-2H2. The minimum atomic E-state index is -0.293. The number of aryl methyl sites for hydroxylation is 1. The minimum Gasteiger partial charge on any atom is -0.207 e. The van der Waals surface area contributed by atoms with Crippen molar-refractivity contribution >= 4 is 38.9 Å². The molecule has 1 aromatic carbocycles. The van der Waals surface area contributed by atoms with Crippen LogP contribution in [-0.2, 0) is 6.42 Å². The van der Waals surface area contributed by atoms with E-state index in [1.54, 1.807) is 0 Å². The zero-order valence-electron chi connectivity index (χ0n) is 8.08. The topological polar surface area (TPSA) is 25.8 Å². The van der Waals surface area contributed by atoms with Crippen LogP contribution in [-0.4, -0.2) is 16.1 Å². The third-order valence-electron chi connectivity index (χ3n) is 1.88. The second-order valence-corrected chi connectivity index (χ2v) is 5.45. The maximum absolute atomic E-state index is 13.2. The van der Waals surface area contributed by atoms with Crippen LogP contribution < -0.4 is 0 Å². The highest BCUT2D eigenvalue weighted by Crippen LogP contribution is 2.27. The molecule has 0 aliphatic carbocycles. The van der Waals surface area contributed by atoms with Crippen molar-refractivity contribution in [1.82, 2.24) is 10.2 Å².